The Balaban J connectivity index is 1.67. The first kappa shape index (κ1) is 18.6. The van der Waals surface area contributed by atoms with Crippen molar-refractivity contribution in [1.82, 2.24) is 10.3 Å². The van der Waals surface area contributed by atoms with Crippen molar-refractivity contribution >= 4 is 33.7 Å². The van der Waals surface area contributed by atoms with Crippen molar-refractivity contribution in [2.75, 3.05) is 0 Å². The lowest BCUT2D eigenvalue weighted by Gasteiger charge is -2.16. The molecule has 1 atom stereocenters. The molecule has 1 aromatic heterocycles. The van der Waals surface area contributed by atoms with Gasteiger partial charge in [-0.2, -0.15) is 0 Å². The molecular formula is C24H20N2O3. The summed E-state index contributed by atoms with van der Waals surface area (Å²) in [5, 5.41) is 13.8. The fourth-order valence-electron chi connectivity index (χ4n) is 3.53. The Hall–Kier alpha value is -3.73. The van der Waals surface area contributed by atoms with Crippen LogP contribution in [0.25, 0.3) is 21.8 Å². The summed E-state index contributed by atoms with van der Waals surface area (Å²) < 4.78 is 0. The average molecular weight is 384 g/mol. The van der Waals surface area contributed by atoms with Crippen LogP contribution in [0.5, 0.6) is 0 Å². The number of nitrogens with zero attached hydrogens (tertiary/aromatic N) is 1. The Kier molecular flexibility index (Phi) is 5.20. The van der Waals surface area contributed by atoms with Crippen LogP contribution >= 0.6 is 0 Å². The number of carbonyl (C=O) groups is 2. The molecule has 3 aromatic carbocycles. The predicted octanol–water partition coefficient (Wildman–Crippen LogP) is 4.20. The van der Waals surface area contributed by atoms with E-state index in [1.807, 2.05) is 78.9 Å². The van der Waals surface area contributed by atoms with Crippen LogP contribution in [0.3, 0.4) is 0 Å². The Morgan fingerprint density at radius 3 is 1.97 bits per heavy atom. The van der Waals surface area contributed by atoms with Gasteiger partial charge in [-0.25, -0.2) is 9.78 Å². The minimum atomic E-state index is -1.04. The highest BCUT2D eigenvalue weighted by Gasteiger charge is 2.23. The van der Waals surface area contributed by atoms with E-state index in [2.05, 4.69) is 10.3 Å². The number of amides is 1. The van der Waals surface area contributed by atoms with E-state index in [1.165, 1.54) is 0 Å². The van der Waals surface area contributed by atoms with Gasteiger partial charge in [0.2, 0.25) is 0 Å². The molecule has 5 heteroatoms. The molecule has 0 aliphatic heterocycles. The number of carboxylic acids is 1. The molecule has 1 heterocycles. The molecule has 4 rings (SSSR count). The first-order chi connectivity index (χ1) is 14.1. The van der Waals surface area contributed by atoms with E-state index >= 15 is 0 Å². The van der Waals surface area contributed by atoms with E-state index in [4.69, 9.17) is 0 Å². The number of aryl methyl sites for hydroxylation is 1. The van der Waals surface area contributed by atoms with E-state index in [0.29, 0.717) is 40.2 Å². The molecule has 0 spiro atoms. The third kappa shape index (κ3) is 3.94. The second-order valence-corrected chi connectivity index (χ2v) is 6.91. The minimum absolute atomic E-state index is 0.312. The maximum Gasteiger partial charge on any atom is 0.326 e. The third-order valence-electron chi connectivity index (χ3n) is 4.98. The summed E-state index contributed by atoms with van der Waals surface area (Å²) in [6, 6.07) is 23.5. The number of pyridine rings is 1. The van der Waals surface area contributed by atoms with Crippen molar-refractivity contribution in [1.29, 1.82) is 0 Å². The van der Waals surface area contributed by atoms with Crippen molar-refractivity contribution in [2.24, 2.45) is 0 Å². The van der Waals surface area contributed by atoms with Gasteiger partial charge in [-0.3, -0.25) is 4.79 Å². The van der Waals surface area contributed by atoms with Gasteiger partial charge in [0.05, 0.1) is 16.6 Å². The van der Waals surface area contributed by atoms with E-state index in [-0.39, 0.29) is 0 Å². The Morgan fingerprint density at radius 1 is 0.828 bits per heavy atom. The first-order valence-corrected chi connectivity index (χ1v) is 9.48. The maximum atomic E-state index is 13.2. The number of hydrogen-bond donors (Lipinski definition) is 2. The summed E-state index contributed by atoms with van der Waals surface area (Å²) in [4.78, 5) is 29.6. The van der Waals surface area contributed by atoms with Crippen molar-refractivity contribution < 1.29 is 14.7 Å². The number of aliphatic carboxylic acids is 1. The Bertz CT molecular complexity index is 1130. The average Bonchev–Trinajstić information content (AvgIpc) is 2.75. The summed E-state index contributed by atoms with van der Waals surface area (Å²) in [7, 11) is 0. The van der Waals surface area contributed by atoms with Crippen LogP contribution in [-0.4, -0.2) is 28.0 Å². The molecule has 29 heavy (non-hydrogen) atoms. The second-order valence-electron chi connectivity index (χ2n) is 6.91. The number of para-hydroxylation sites is 2. The van der Waals surface area contributed by atoms with Gasteiger partial charge < -0.3 is 10.4 Å². The number of carbonyl (C=O) groups excluding carboxylic acids is 1. The molecule has 0 aliphatic rings. The number of aromatic nitrogens is 1. The molecule has 5 nitrogen and oxygen atoms in total. The van der Waals surface area contributed by atoms with Crippen LogP contribution < -0.4 is 5.32 Å². The molecular weight excluding hydrogens is 364 g/mol. The number of nitrogens with one attached hydrogen (secondary N) is 1. The van der Waals surface area contributed by atoms with Crippen LogP contribution in [0.4, 0.5) is 0 Å². The van der Waals surface area contributed by atoms with Crippen molar-refractivity contribution in [3.8, 4) is 0 Å². The van der Waals surface area contributed by atoms with Gasteiger partial charge in [0.15, 0.2) is 0 Å². The summed E-state index contributed by atoms with van der Waals surface area (Å²) >= 11 is 0. The molecule has 0 radical (unpaired) electrons. The second kappa shape index (κ2) is 8.10. The largest absolute Gasteiger partial charge is 0.480 e. The summed E-state index contributed by atoms with van der Waals surface area (Å²) in [5.74, 6) is -1.45. The van der Waals surface area contributed by atoms with E-state index < -0.39 is 17.9 Å². The number of carboxylic acid groups (broad SMARTS) is 1. The van der Waals surface area contributed by atoms with Gasteiger partial charge in [0.1, 0.15) is 6.04 Å². The summed E-state index contributed by atoms with van der Waals surface area (Å²) in [5.41, 5.74) is 2.89. The lowest BCUT2D eigenvalue weighted by atomic mass is 10.0. The van der Waals surface area contributed by atoms with Gasteiger partial charge in [0.25, 0.3) is 5.91 Å². The third-order valence-corrected chi connectivity index (χ3v) is 4.98. The molecule has 0 aliphatic carbocycles. The van der Waals surface area contributed by atoms with Crippen LogP contribution in [0.2, 0.25) is 0 Å². The molecule has 0 fully saturated rings. The predicted molar refractivity (Wildman–Crippen MR) is 113 cm³/mol. The molecule has 0 saturated heterocycles. The number of rotatable bonds is 6. The molecule has 144 valence electrons. The quantitative estimate of drug-likeness (QED) is 0.488. The molecule has 0 unspecified atom stereocenters. The zero-order chi connectivity index (χ0) is 20.2. The fraction of sp³-hybridized carbons (Fsp3) is 0.125. The Morgan fingerprint density at radius 2 is 1.38 bits per heavy atom. The van der Waals surface area contributed by atoms with E-state index in [9.17, 15) is 14.7 Å². The number of hydrogen-bond acceptors (Lipinski definition) is 3. The summed E-state index contributed by atoms with van der Waals surface area (Å²) in [6.45, 7) is 0. The molecule has 1 amide bonds. The molecule has 4 aromatic rings. The van der Waals surface area contributed by atoms with E-state index in [0.717, 1.165) is 5.56 Å². The zero-order valence-corrected chi connectivity index (χ0v) is 15.7. The minimum Gasteiger partial charge on any atom is -0.480 e. The fourth-order valence-corrected chi connectivity index (χ4v) is 3.53. The van der Waals surface area contributed by atoms with Gasteiger partial charge >= 0.3 is 5.97 Å². The van der Waals surface area contributed by atoms with Gasteiger partial charge in [-0.1, -0.05) is 66.7 Å². The monoisotopic (exact) mass is 384 g/mol. The van der Waals surface area contributed by atoms with Crippen LogP contribution in [0, 0.1) is 0 Å². The lowest BCUT2D eigenvalue weighted by molar-refractivity contribution is -0.139. The maximum absolute atomic E-state index is 13.2. The van der Waals surface area contributed by atoms with Crippen LogP contribution in [0.1, 0.15) is 22.3 Å². The number of benzene rings is 3. The normalized spacial score (nSPS) is 12.0. The molecule has 0 saturated carbocycles. The van der Waals surface area contributed by atoms with Crippen molar-refractivity contribution in [3.63, 3.8) is 0 Å². The van der Waals surface area contributed by atoms with E-state index in [1.54, 1.807) is 0 Å². The van der Waals surface area contributed by atoms with Crippen molar-refractivity contribution in [2.45, 2.75) is 18.9 Å². The lowest BCUT2D eigenvalue weighted by Crippen LogP contribution is -2.41. The smallest absolute Gasteiger partial charge is 0.326 e. The molecule has 0 bridgehead atoms. The van der Waals surface area contributed by atoms with Gasteiger partial charge in [0, 0.05) is 10.8 Å². The molecule has 2 N–H and O–H groups in total. The summed E-state index contributed by atoms with van der Waals surface area (Å²) in [6.07, 6.45) is 0.877. The Labute approximate surface area is 168 Å². The highest BCUT2D eigenvalue weighted by molar-refractivity contribution is 6.16. The highest BCUT2D eigenvalue weighted by Crippen LogP contribution is 2.26. The van der Waals surface area contributed by atoms with Crippen LogP contribution in [0.15, 0.2) is 78.9 Å². The van der Waals surface area contributed by atoms with Gasteiger partial charge in [-0.15, -0.1) is 0 Å². The standard InChI is InChI=1S/C24H20N2O3/c27-23(26-21(24(28)29)15-14-16-8-2-1-3-9-16)22-17-10-4-6-12-19(17)25-20-13-7-5-11-18(20)22/h1-13,21H,14-15H2,(H,26,27)(H,28,29)/t21-/m1/s1. The highest BCUT2D eigenvalue weighted by atomic mass is 16.4. The van der Waals surface area contributed by atoms with Crippen LogP contribution in [-0.2, 0) is 11.2 Å². The topological polar surface area (TPSA) is 79.3 Å². The first-order valence-electron chi connectivity index (χ1n) is 9.48. The van der Waals surface area contributed by atoms with Gasteiger partial charge in [-0.05, 0) is 30.5 Å². The number of fused-ring (bicyclic) bond motifs is 2. The SMILES string of the molecule is O=C(N[C@H](CCc1ccccc1)C(=O)O)c1c2ccccc2nc2ccccc12. The zero-order valence-electron chi connectivity index (χ0n) is 15.7. The van der Waals surface area contributed by atoms with Crippen molar-refractivity contribution in [3.05, 3.63) is 90.0 Å².